The molecule has 1 amide bonds. The van der Waals surface area contributed by atoms with Gasteiger partial charge in [-0.05, 0) is 51.1 Å². The SMILES string of the molecule is Cc1nn(-c2ccccc2)c(C)c1C(=O)OC(C)C(=O)Nc1cccc(C(F)(F)F)c1. The maximum Gasteiger partial charge on any atom is 0.416 e. The number of hydrogen-bond donors (Lipinski definition) is 1. The van der Waals surface area contributed by atoms with Crippen LogP contribution in [0.2, 0.25) is 0 Å². The Hall–Kier alpha value is -3.62. The third-order valence-electron chi connectivity index (χ3n) is 4.61. The number of amides is 1. The van der Waals surface area contributed by atoms with Crippen LogP contribution in [-0.2, 0) is 15.7 Å². The summed E-state index contributed by atoms with van der Waals surface area (Å²) in [6.45, 7) is 4.69. The topological polar surface area (TPSA) is 73.2 Å². The summed E-state index contributed by atoms with van der Waals surface area (Å²) >= 11 is 0. The average molecular weight is 431 g/mol. The number of para-hydroxylation sites is 1. The molecule has 6 nitrogen and oxygen atoms in total. The number of esters is 1. The van der Waals surface area contributed by atoms with Crippen LogP contribution in [0.15, 0.2) is 54.6 Å². The largest absolute Gasteiger partial charge is 0.449 e. The molecule has 31 heavy (non-hydrogen) atoms. The van der Waals surface area contributed by atoms with Gasteiger partial charge in [-0.25, -0.2) is 9.48 Å². The summed E-state index contributed by atoms with van der Waals surface area (Å²) in [5.74, 6) is -1.50. The summed E-state index contributed by atoms with van der Waals surface area (Å²) in [4.78, 5) is 25.0. The van der Waals surface area contributed by atoms with Crippen LogP contribution in [0.1, 0.15) is 34.2 Å². The molecule has 1 N–H and O–H groups in total. The van der Waals surface area contributed by atoms with Gasteiger partial charge in [0.2, 0.25) is 0 Å². The molecular formula is C22H20F3N3O3. The zero-order valence-electron chi connectivity index (χ0n) is 17.0. The number of nitrogens with zero attached hydrogens (tertiary/aromatic N) is 2. The zero-order valence-corrected chi connectivity index (χ0v) is 17.0. The van der Waals surface area contributed by atoms with E-state index in [0.29, 0.717) is 11.4 Å². The van der Waals surface area contributed by atoms with Gasteiger partial charge in [-0.2, -0.15) is 18.3 Å². The van der Waals surface area contributed by atoms with Crippen LogP contribution in [0.5, 0.6) is 0 Å². The molecule has 1 heterocycles. The van der Waals surface area contributed by atoms with E-state index in [0.717, 1.165) is 17.8 Å². The van der Waals surface area contributed by atoms with E-state index in [4.69, 9.17) is 4.74 Å². The van der Waals surface area contributed by atoms with Crippen LogP contribution in [-0.4, -0.2) is 27.8 Å². The van der Waals surface area contributed by atoms with Crippen molar-refractivity contribution in [3.8, 4) is 5.69 Å². The van der Waals surface area contributed by atoms with Gasteiger partial charge in [-0.15, -0.1) is 0 Å². The Morgan fingerprint density at radius 2 is 1.74 bits per heavy atom. The quantitative estimate of drug-likeness (QED) is 0.595. The van der Waals surface area contributed by atoms with Gasteiger partial charge in [-0.3, -0.25) is 4.79 Å². The Morgan fingerprint density at radius 1 is 1.06 bits per heavy atom. The maximum absolute atomic E-state index is 12.8. The molecule has 1 atom stereocenters. The molecular weight excluding hydrogens is 411 g/mol. The van der Waals surface area contributed by atoms with Crippen molar-refractivity contribution in [2.75, 3.05) is 5.32 Å². The van der Waals surface area contributed by atoms with Crippen molar-refractivity contribution >= 4 is 17.6 Å². The minimum atomic E-state index is -4.53. The third kappa shape index (κ3) is 4.93. The fourth-order valence-corrected chi connectivity index (χ4v) is 3.05. The Balaban J connectivity index is 1.72. The Labute approximate surface area is 176 Å². The number of aromatic nitrogens is 2. The molecule has 3 rings (SSSR count). The van der Waals surface area contributed by atoms with E-state index in [9.17, 15) is 22.8 Å². The molecule has 0 saturated heterocycles. The van der Waals surface area contributed by atoms with Gasteiger partial charge in [0.15, 0.2) is 6.10 Å². The molecule has 1 unspecified atom stereocenters. The molecule has 0 radical (unpaired) electrons. The third-order valence-corrected chi connectivity index (χ3v) is 4.61. The van der Waals surface area contributed by atoms with E-state index in [1.807, 2.05) is 30.3 Å². The lowest BCUT2D eigenvalue weighted by molar-refractivity contribution is -0.137. The van der Waals surface area contributed by atoms with Crippen LogP contribution in [0, 0.1) is 13.8 Å². The first-order chi connectivity index (χ1) is 14.6. The van der Waals surface area contributed by atoms with Crippen molar-refractivity contribution < 1.29 is 27.5 Å². The Morgan fingerprint density at radius 3 is 2.39 bits per heavy atom. The number of nitrogens with one attached hydrogen (secondary N) is 1. The van der Waals surface area contributed by atoms with E-state index in [1.54, 1.807) is 18.5 Å². The Bertz CT molecular complexity index is 1110. The van der Waals surface area contributed by atoms with E-state index in [1.165, 1.54) is 19.1 Å². The van der Waals surface area contributed by atoms with Gasteiger partial charge in [-0.1, -0.05) is 24.3 Å². The van der Waals surface area contributed by atoms with Gasteiger partial charge < -0.3 is 10.1 Å². The lowest BCUT2D eigenvalue weighted by atomic mass is 10.2. The molecule has 0 aliphatic heterocycles. The van der Waals surface area contributed by atoms with Gasteiger partial charge in [0.25, 0.3) is 5.91 Å². The monoisotopic (exact) mass is 431 g/mol. The van der Waals surface area contributed by atoms with E-state index in [-0.39, 0.29) is 11.3 Å². The van der Waals surface area contributed by atoms with Crippen molar-refractivity contribution in [2.45, 2.75) is 33.1 Å². The minimum absolute atomic E-state index is 0.0491. The Kier molecular flexibility index (Phi) is 6.14. The van der Waals surface area contributed by atoms with Crippen molar-refractivity contribution in [1.82, 2.24) is 9.78 Å². The summed E-state index contributed by atoms with van der Waals surface area (Å²) < 4.78 is 45.4. The zero-order chi connectivity index (χ0) is 22.8. The molecule has 0 bridgehead atoms. The summed E-state index contributed by atoms with van der Waals surface area (Å²) in [7, 11) is 0. The van der Waals surface area contributed by atoms with Gasteiger partial charge >= 0.3 is 12.1 Å². The average Bonchev–Trinajstić information content (AvgIpc) is 3.02. The predicted octanol–water partition coefficient (Wildman–Crippen LogP) is 4.69. The molecule has 0 aliphatic rings. The lowest BCUT2D eigenvalue weighted by Crippen LogP contribution is -2.30. The van der Waals surface area contributed by atoms with Gasteiger partial charge in [0.05, 0.1) is 22.6 Å². The molecule has 1 aromatic heterocycles. The van der Waals surface area contributed by atoms with Crippen LogP contribution < -0.4 is 5.32 Å². The number of ether oxygens (including phenoxy) is 1. The maximum atomic E-state index is 12.8. The molecule has 2 aromatic carbocycles. The van der Waals surface area contributed by atoms with Crippen molar-refractivity contribution in [3.63, 3.8) is 0 Å². The highest BCUT2D eigenvalue weighted by atomic mass is 19.4. The second kappa shape index (κ2) is 8.63. The molecule has 162 valence electrons. The molecule has 0 spiro atoms. The number of benzene rings is 2. The van der Waals surface area contributed by atoms with Gasteiger partial charge in [0.1, 0.15) is 5.56 Å². The van der Waals surface area contributed by atoms with Crippen molar-refractivity contribution in [1.29, 1.82) is 0 Å². The minimum Gasteiger partial charge on any atom is -0.449 e. The first-order valence-electron chi connectivity index (χ1n) is 9.38. The van der Waals surface area contributed by atoms with Crippen LogP contribution in [0.25, 0.3) is 5.69 Å². The molecule has 0 saturated carbocycles. The predicted molar refractivity (Wildman–Crippen MR) is 108 cm³/mol. The van der Waals surface area contributed by atoms with E-state index in [2.05, 4.69) is 10.4 Å². The number of alkyl halides is 3. The molecule has 0 aliphatic carbocycles. The number of rotatable bonds is 5. The smallest absolute Gasteiger partial charge is 0.416 e. The number of hydrogen-bond acceptors (Lipinski definition) is 4. The van der Waals surface area contributed by atoms with Crippen LogP contribution >= 0.6 is 0 Å². The normalized spacial score (nSPS) is 12.3. The molecule has 3 aromatic rings. The van der Waals surface area contributed by atoms with Crippen LogP contribution in [0.3, 0.4) is 0 Å². The molecule has 0 fully saturated rings. The van der Waals surface area contributed by atoms with Crippen molar-refractivity contribution in [3.05, 3.63) is 77.1 Å². The number of carbonyl (C=O) groups excluding carboxylic acids is 2. The number of carbonyl (C=O) groups is 2. The van der Waals surface area contributed by atoms with E-state index < -0.39 is 29.7 Å². The first-order valence-corrected chi connectivity index (χ1v) is 9.38. The van der Waals surface area contributed by atoms with Crippen LogP contribution in [0.4, 0.5) is 18.9 Å². The fourth-order valence-electron chi connectivity index (χ4n) is 3.05. The second-order valence-corrected chi connectivity index (χ2v) is 6.91. The van der Waals surface area contributed by atoms with E-state index >= 15 is 0 Å². The highest BCUT2D eigenvalue weighted by Crippen LogP contribution is 2.30. The second-order valence-electron chi connectivity index (χ2n) is 6.91. The van der Waals surface area contributed by atoms with Crippen molar-refractivity contribution in [2.24, 2.45) is 0 Å². The fraction of sp³-hybridized carbons (Fsp3) is 0.227. The summed E-state index contributed by atoms with van der Waals surface area (Å²) in [6, 6.07) is 13.4. The summed E-state index contributed by atoms with van der Waals surface area (Å²) in [6.07, 6.45) is -5.77. The standard InChI is InChI=1S/C22H20F3N3O3/c1-13-19(14(2)28(27-13)18-10-5-4-6-11-18)21(30)31-15(3)20(29)26-17-9-7-8-16(12-17)22(23,24)25/h4-12,15H,1-3H3,(H,26,29). The first kappa shape index (κ1) is 22.1. The highest BCUT2D eigenvalue weighted by molar-refractivity contribution is 5.98. The summed E-state index contributed by atoms with van der Waals surface area (Å²) in [5, 5.41) is 6.70. The summed E-state index contributed by atoms with van der Waals surface area (Å²) in [5.41, 5.74) is 1.01. The number of anilines is 1. The molecule has 9 heteroatoms. The number of halogens is 3. The lowest BCUT2D eigenvalue weighted by Gasteiger charge is -2.15. The highest BCUT2D eigenvalue weighted by Gasteiger charge is 2.31. The number of aryl methyl sites for hydroxylation is 1. The van der Waals surface area contributed by atoms with Gasteiger partial charge in [0, 0.05) is 5.69 Å².